The van der Waals surface area contributed by atoms with E-state index in [-0.39, 0.29) is 17.7 Å². The maximum Gasteiger partial charge on any atom is 0.226 e. The van der Waals surface area contributed by atoms with Gasteiger partial charge in [0.2, 0.25) is 5.91 Å². The molecule has 1 aliphatic heterocycles. The van der Waals surface area contributed by atoms with E-state index >= 15 is 0 Å². The van der Waals surface area contributed by atoms with Crippen molar-refractivity contribution in [2.45, 2.75) is 12.3 Å². The number of halogens is 2. The summed E-state index contributed by atoms with van der Waals surface area (Å²) in [4.78, 5) is 14.3. The summed E-state index contributed by atoms with van der Waals surface area (Å²) in [7, 11) is 0. The first kappa shape index (κ1) is 13.2. The van der Waals surface area contributed by atoms with Crippen molar-refractivity contribution in [3.63, 3.8) is 0 Å². The largest absolute Gasteiger partial charge is 0.340 e. The van der Waals surface area contributed by atoms with Crippen molar-refractivity contribution in [1.29, 1.82) is 0 Å². The molecule has 0 spiro atoms. The fourth-order valence-electron chi connectivity index (χ4n) is 2.73. The minimum Gasteiger partial charge on any atom is -0.340 e. The summed E-state index contributed by atoms with van der Waals surface area (Å²) in [5.41, 5.74) is 1.06. The van der Waals surface area contributed by atoms with Crippen LogP contribution in [0.3, 0.4) is 0 Å². The molecule has 1 N–H and O–H groups in total. The molecular weight excluding hydrogens is 283 g/mol. The number of rotatable bonds is 2. The van der Waals surface area contributed by atoms with Gasteiger partial charge in [-0.25, -0.2) is 0 Å². The Morgan fingerprint density at radius 2 is 2.00 bits per heavy atom. The van der Waals surface area contributed by atoms with E-state index < -0.39 is 0 Å². The van der Waals surface area contributed by atoms with E-state index in [0.717, 1.165) is 38.2 Å². The number of nitrogens with one attached hydrogen (secondary N) is 1. The van der Waals surface area contributed by atoms with E-state index in [1.165, 1.54) is 0 Å². The van der Waals surface area contributed by atoms with Crippen molar-refractivity contribution < 1.29 is 4.79 Å². The third kappa shape index (κ3) is 2.73. The van der Waals surface area contributed by atoms with Gasteiger partial charge in [0.25, 0.3) is 0 Å². The van der Waals surface area contributed by atoms with Gasteiger partial charge in [-0.2, -0.15) is 0 Å². The van der Waals surface area contributed by atoms with Gasteiger partial charge in [-0.05, 0) is 30.0 Å². The molecule has 2 fully saturated rings. The van der Waals surface area contributed by atoms with Crippen molar-refractivity contribution in [3.05, 3.63) is 33.8 Å². The van der Waals surface area contributed by atoms with Crippen LogP contribution in [-0.2, 0) is 4.79 Å². The molecule has 2 unspecified atom stereocenters. The Bertz CT molecular complexity index is 500. The van der Waals surface area contributed by atoms with Crippen LogP contribution >= 0.6 is 23.2 Å². The average Bonchev–Trinajstić information content (AvgIpc) is 3.19. The molecule has 3 nitrogen and oxygen atoms in total. The molecular formula is C14H16Cl2N2O. The number of nitrogens with zero attached hydrogens (tertiary/aromatic N) is 1. The lowest BCUT2D eigenvalue weighted by Crippen LogP contribution is -2.47. The lowest BCUT2D eigenvalue weighted by molar-refractivity contribution is -0.133. The van der Waals surface area contributed by atoms with Crippen LogP contribution in [0.25, 0.3) is 0 Å². The predicted molar refractivity (Wildman–Crippen MR) is 76.8 cm³/mol. The summed E-state index contributed by atoms with van der Waals surface area (Å²) in [5, 5.41) is 4.57. The SMILES string of the molecule is O=C(C1CC1c1ccc(Cl)cc1Cl)N1CCNCC1. The molecule has 1 aliphatic carbocycles. The van der Waals surface area contributed by atoms with Crippen LogP contribution in [0.4, 0.5) is 0 Å². The zero-order chi connectivity index (χ0) is 13.4. The van der Waals surface area contributed by atoms with Crippen molar-refractivity contribution in [2.75, 3.05) is 26.2 Å². The highest BCUT2D eigenvalue weighted by Crippen LogP contribution is 2.50. The Kier molecular flexibility index (Phi) is 3.70. The molecule has 1 saturated heterocycles. The molecule has 5 heteroatoms. The number of carbonyl (C=O) groups excluding carboxylic acids is 1. The highest BCUT2D eigenvalue weighted by Gasteiger charge is 2.46. The molecule has 0 aromatic heterocycles. The first-order valence-electron chi connectivity index (χ1n) is 6.61. The molecule has 102 valence electrons. The van der Waals surface area contributed by atoms with E-state index in [0.29, 0.717) is 10.0 Å². The van der Waals surface area contributed by atoms with Gasteiger partial charge in [0.1, 0.15) is 0 Å². The molecule has 1 aromatic carbocycles. The maximum atomic E-state index is 12.4. The van der Waals surface area contributed by atoms with Crippen molar-refractivity contribution in [3.8, 4) is 0 Å². The molecule has 0 bridgehead atoms. The number of hydrogen-bond donors (Lipinski definition) is 1. The summed E-state index contributed by atoms with van der Waals surface area (Å²) in [6.45, 7) is 3.42. The number of piperazine rings is 1. The van der Waals surface area contributed by atoms with E-state index in [1.807, 2.05) is 17.0 Å². The zero-order valence-electron chi connectivity index (χ0n) is 10.5. The summed E-state index contributed by atoms with van der Waals surface area (Å²) >= 11 is 12.1. The van der Waals surface area contributed by atoms with Gasteiger partial charge in [0.05, 0.1) is 0 Å². The van der Waals surface area contributed by atoms with Gasteiger partial charge < -0.3 is 10.2 Å². The van der Waals surface area contributed by atoms with Gasteiger partial charge in [0, 0.05) is 42.1 Å². The maximum absolute atomic E-state index is 12.4. The Morgan fingerprint density at radius 1 is 1.26 bits per heavy atom. The van der Waals surface area contributed by atoms with E-state index in [9.17, 15) is 4.79 Å². The molecule has 2 atom stereocenters. The highest BCUT2D eigenvalue weighted by atomic mass is 35.5. The van der Waals surface area contributed by atoms with Crippen LogP contribution in [-0.4, -0.2) is 37.0 Å². The molecule has 1 heterocycles. The first-order chi connectivity index (χ1) is 9.16. The van der Waals surface area contributed by atoms with Crippen LogP contribution in [0.5, 0.6) is 0 Å². The van der Waals surface area contributed by atoms with E-state index in [4.69, 9.17) is 23.2 Å². The van der Waals surface area contributed by atoms with Crippen LogP contribution in [0.1, 0.15) is 17.9 Å². The van der Waals surface area contributed by atoms with Crippen LogP contribution in [0.2, 0.25) is 10.0 Å². The first-order valence-corrected chi connectivity index (χ1v) is 7.37. The standard InChI is InChI=1S/C14H16Cl2N2O/c15-9-1-2-10(13(16)7-9)11-8-12(11)14(19)18-5-3-17-4-6-18/h1-2,7,11-12,17H,3-6,8H2. The molecule has 0 radical (unpaired) electrons. The lowest BCUT2D eigenvalue weighted by Gasteiger charge is -2.27. The second kappa shape index (κ2) is 5.31. The van der Waals surface area contributed by atoms with Crippen molar-refractivity contribution in [2.24, 2.45) is 5.92 Å². The van der Waals surface area contributed by atoms with Gasteiger partial charge in [0.15, 0.2) is 0 Å². The number of carbonyl (C=O) groups is 1. The molecule has 1 aromatic rings. The Balaban J connectivity index is 1.68. The van der Waals surface area contributed by atoms with Crippen molar-refractivity contribution in [1.82, 2.24) is 10.2 Å². The van der Waals surface area contributed by atoms with Crippen LogP contribution in [0, 0.1) is 5.92 Å². The number of amides is 1. The molecule has 19 heavy (non-hydrogen) atoms. The second-order valence-corrected chi connectivity index (χ2v) is 6.03. The van der Waals surface area contributed by atoms with Crippen LogP contribution < -0.4 is 5.32 Å². The third-order valence-electron chi connectivity index (χ3n) is 3.90. The summed E-state index contributed by atoms with van der Waals surface area (Å²) < 4.78 is 0. The topological polar surface area (TPSA) is 32.3 Å². The smallest absolute Gasteiger partial charge is 0.226 e. The third-order valence-corrected chi connectivity index (χ3v) is 4.46. The fourth-order valence-corrected chi connectivity index (χ4v) is 3.28. The molecule has 2 aliphatic rings. The monoisotopic (exact) mass is 298 g/mol. The number of benzene rings is 1. The van der Waals surface area contributed by atoms with Gasteiger partial charge in [-0.3, -0.25) is 4.79 Å². The zero-order valence-corrected chi connectivity index (χ0v) is 12.0. The van der Waals surface area contributed by atoms with Gasteiger partial charge >= 0.3 is 0 Å². The predicted octanol–water partition coefficient (Wildman–Crippen LogP) is 2.53. The summed E-state index contributed by atoms with van der Waals surface area (Å²) in [5.74, 6) is 0.654. The van der Waals surface area contributed by atoms with Crippen molar-refractivity contribution >= 4 is 29.1 Å². The highest BCUT2D eigenvalue weighted by molar-refractivity contribution is 6.35. The lowest BCUT2D eigenvalue weighted by atomic mass is 10.1. The number of hydrogen-bond acceptors (Lipinski definition) is 2. The van der Waals surface area contributed by atoms with E-state index in [2.05, 4.69) is 5.32 Å². The van der Waals surface area contributed by atoms with E-state index in [1.54, 1.807) is 6.07 Å². The minimum absolute atomic E-state index is 0.108. The minimum atomic E-state index is 0.108. The molecule has 1 saturated carbocycles. The Hall–Kier alpha value is -0.770. The summed E-state index contributed by atoms with van der Waals surface area (Å²) in [6, 6.07) is 5.54. The molecule has 3 rings (SSSR count). The quantitative estimate of drug-likeness (QED) is 0.910. The Labute approximate surface area is 122 Å². The fraction of sp³-hybridized carbons (Fsp3) is 0.500. The summed E-state index contributed by atoms with van der Waals surface area (Å²) in [6.07, 6.45) is 0.907. The average molecular weight is 299 g/mol. The normalized spacial score (nSPS) is 26.3. The molecule has 1 amide bonds. The van der Waals surface area contributed by atoms with Gasteiger partial charge in [-0.15, -0.1) is 0 Å². The second-order valence-electron chi connectivity index (χ2n) is 5.19. The Morgan fingerprint density at radius 3 is 2.68 bits per heavy atom. The van der Waals surface area contributed by atoms with Gasteiger partial charge in [-0.1, -0.05) is 29.3 Å². The van der Waals surface area contributed by atoms with Crippen LogP contribution in [0.15, 0.2) is 18.2 Å².